The maximum absolute atomic E-state index is 5.87. The molecular formula is C11H22BNO. The molecule has 0 aromatic heterocycles. The first-order chi connectivity index (χ1) is 6.49. The van der Waals surface area contributed by atoms with Gasteiger partial charge in [0.05, 0.1) is 6.10 Å². The van der Waals surface area contributed by atoms with Crippen molar-refractivity contribution in [3.63, 3.8) is 0 Å². The molecule has 2 atom stereocenters. The van der Waals surface area contributed by atoms with Crippen LogP contribution in [0.4, 0.5) is 0 Å². The fraction of sp³-hybridized carbons (Fsp3) is 1.00. The SMILES string of the molecule is [B]C1CN(C(C)C)CC(CC(C)C)O1. The van der Waals surface area contributed by atoms with Crippen LogP contribution >= 0.6 is 0 Å². The lowest BCUT2D eigenvalue weighted by Gasteiger charge is -2.40. The van der Waals surface area contributed by atoms with Gasteiger partial charge in [-0.25, -0.2) is 0 Å². The Bertz CT molecular complexity index is 171. The third-order valence-corrected chi connectivity index (χ3v) is 2.68. The second kappa shape index (κ2) is 5.17. The predicted molar refractivity (Wildman–Crippen MR) is 60.6 cm³/mol. The van der Waals surface area contributed by atoms with Crippen LogP contribution in [0.1, 0.15) is 34.1 Å². The van der Waals surface area contributed by atoms with Crippen molar-refractivity contribution in [1.82, 2.24) is 4.90 Å². The molecular weight excluding hydrogens is 173 g/mol. The standard InChI is InChI=1S/C11H22BNO/c1-8(2)5-10-6-13(9(3)4)7-11(12)14-10/h8-11H,5-7H2,1-4H3. The van der Waals surface area contributed by atoms with Crippen molar-refractivity contribution in [3.05, 3.63) is 0 Å². The number of rotatable bonds is 3. The van der Waals surface area contributed by atoms with Crippen LogP contribution in [0.25, 0.3) is 0 Å². The van der Waals surface area contributed by atoms with E-state index in [1.165, 1.54) is 0 Å². The highest BCUT2D eigenvalue weighted by Crippen LogP contribution is 2.17. The van der Waals surface area contributed by atoms with Gasteiger partial charge < -0.3 is 4.74 Å². The van der Waals surface area contributed by atoms with E-state index < -0.39 is 0 Å². The Hall–Kier alpha value is -0.0151. The second-order valence-corrected chi connectivity index (χ2v) is 4.97. The molecule has 1 aliphatic rings. The fourth-order valence-corrected chi connectivity index (χ4v) is 1.98. The summed E-state index contributed by atoms with van der Waals surface area (Å²) in [6, 6.07) is 0.467. The molecule has 2 nitrogen and oxygen atoms in total. The van der Waals surface area contributed by atoms with Crippen molar-refractivity contribution in [3.8, 4) is 0 Å². The third-order valence-electron chi connectivity index (χ3n) is 2.68. The molecule has 0 amide bonds. The Balaban J connectivity index is 2.45. The average molecular weight is 195 g/mol. The Morgan fingerprint density at radius 2 is 1.93 bits per heavy atom. The smallest absolute Gasteiger partial charge is 0.110 e. The minimum absolute atomic E-state index is 0.102. The molecule has 0 bridgehead atoms. The van der Waals surface area contributed by atoms with E-state index in [0.717, 1.165) is 19.5 Å². The topological polar surface area (TPSA) is 12.5 Å². The van der Waals surface area contributed by atoms with Gasteiger partial charge in [-0.05, 0) is 26.2 Å². The molecule has 80 valence electrons. The van der Waals surface area contributed by atoms with E-state index in [-0.39, 0.29) is 6.00 Å². The molecule has 0 N–H and O–H groups in total. The number of hydrogen-bond donors (Lipinski definition) is 0. The molecule has 3 heteroatoms. The molecule has 0 aromatic rings. The molecule has 14 heavy (non-hydrogen) atoms. The van der Waals surface area contributed by atoms with Crippen LogP contribution in [-0.4, -0.2) is 44.0 Å². The van der Waals surface area contributed by atoms with Crippen molar-refractivity contribution < 1.29 is 4.74 Å². The molecule has 0 saturated carbocycles. The predicted octanol–water partition coefficient (Wildman–Crippen LogP) is 1.64. The third kappa shape index (κ3) is 3.62. The number of hydrogen-bond acceptors (Lipinski definition) is 2. The fourth-order valence-electron chi connectivity index (χ4n) is 1.98. The molecule has 1 rings (SSSR count). The lowest BCUT2D eigenvalue weighted by atomic mass is 9.94. The van der Waals surface area contributed by atoms with Crippen LogP contribution in [0.15, 0.2) is 0 Å². The zero-order valence-electron chi connectivity index (χ0n) is 9.86. The van der Waals surface area contributed by atoms with Crippen molar-refractivity contribution in [2.24, 2.45) is 5.92 Å². The molecule has 0 aliphatic carbocycles. The summed E-state index contributed by atoms with van der Waals surface area (Å²) in [7, 11) is 5.87. The molecule has 1 saturated heterocycles. The van der Waals surface area contributed by atoms with Crippen LogP contribution in [0, 0.1) is 5.92 Å². The first kappa shape index (κ1) is 12.1. The van der Waals surface area contributed by atoms with Crippen molar-refractivity contribution in [2.75, 3.05) is 13.1 Å². The van der Waals surface area contributed by atoms with Crippen LogP contribution in [0.3, 0.4) is 0 Å². The molecule has 2 unspecified atom stereocenters. The summed E-state index contributed by atoms with van der Waals surface area (Å²) < 4.78 is 5.71. The minimum Gasteiger partial charge on any atom is -0.382 e. The van der Waals surface area contributed by atoms with Gasteiger partial charge in [-0.1, -0.05) is 13.8 Å². The molecule has 1 fully saturated rings. The lowest BCUT2D eigenvalue weighted by Crippen LogP contribution is -2.50. The summed E-state index contributed by atoms with van der Waals surface area (Å²) in [6.45, 7) is 10.8. The van der Waals surface area contributed by atoms with Gasteiger partial charge in [0.25, 0.3) is 0 Å². The van der Waals surface area contributed by atoms with Crippen molar-refractivity contribution in [1.29, 1.82) is 0 Å². The van der Waals surface area contributed by atoms with E-state index >= 15 is 0 Å². The van der Waals surface area contributed by atoms with Crippen LogP contribution < -0.4 is 0 Å². The molecule has 0 spiro atoms. The molecule has 1 heterocycles. The van der Waals surface area contributed by atoms with Gasteiger partial charge in [0.15, 0.2) is 0 Å². The highest BCUT2D eigenvalue weighted by Gasteiger charge is 2.26. The highest BCUT2D eigenvalue weighted by atomic mass is 16.5. The summed E-state index contributed by atoms with van der Waals surface area (Å²) in [5, 5.41) is 0. The maximum atomic E-state index is 5.87. The normalized spacial score (nSPS) is 30.1. The van der Waals surface area contributed by atoms with Crippen LogP contribution in [0.5, 0.6) is 0 Å². The zero-order chi connectivity index (χ0) is 10.7. The van der Waals surface area contributed by atoms with Gasteiger partial charge in [0, 0.05) is 25.1 Å². The van der Waals surface area contributed by atoms with Gasteiger partial charge in [0.1, 0.15) is 7.85 Å². The minimum atomic E-state index is -0.102. The van der Waals surface area contributed by atoms with E-state index in [2.05, 4.69) is 32.6 Å². The summed E-state index contributed by atoms with van der Waals surface area (Å²) in [5.74, 6) is 0.680. The largest absolute Gasteiger partial charge is 0.382 e. The van der Waals surface area contributed by atoms with E-state index in [9.17, 15) is 0 Å². The van der Waals surface area contributed by atoms with Crippen LogP contribution in [0.2, 0.25) is 0 Å². The Kier molecular flexibility index (Phi) is 4.46. The van der Waals surface area contributed by atoms with E-state index in [0.29, 0.717) is 18.1 Å². The monoisotopic (exact) mass is 195 g/mol. The Labute approximate surface area is 89.4 Å². The second-order valence-electron chi connectivity index (χ2n) is 4.97. The zero-order valence-corrected chi connectivity index (χ0v) is 9.86. The number of nitrogens with zero attached hydrogens (tertiary/aromatic N) is 1. The van der Waals surface area contributed by atoms with Crippen molar-refractivity contribution >= 4 is 7.85 Å². The molecule has 1 aliphatic heterocycles. The first-order valence-electron chi connectivity index (χ1n) is 5.64. The molecule has 2 radical (unpaired) electrons. The summed E-state index contributed by atoms with van der Waals surface area (Å²) >= 11 is 0. The van der Waals surface area contributed by atoms with E-state index in [1.54, 1.807) is 0 Å². The quantitative estimate of drug-likeness (QED) is 0.634. The Morgan fingerprint density at radius 1 is 1.29 bits per heavy atom. The van der Waals surface area contributed by atoms with E-state index in [4.69, 9.17) is 12.6 Å². The summed E-state index contributed by atoms with van der Waals surface area (Å²) in [4.78, 5) is 2.40. The van der Waals surface area contributed by atoms with Gasteiger partial charge in [-0.2, -0.15) is 0 Å². The highest BCUT2D eigenvalue weighted by molar-refractivity contribution is 6.11. The Morgan fingerprint density at radius 3 is 2.43 bits per heavy atom. The van der Waals surface area contributed by atoms with E-state index in [1.807, 2.05) is 0 Å². The number of ether oxygens (including phenoxy) is 1. The first-order valence-corrected chi connectivity index (χ1v) is 5.64. The summed E-state index contributed by atoms with van der Waals surface area (Å²) in [5.41, 5.74) is 0. The summed E-state index contributed by atoms with van der Waals surface area (Å²) in [6.07, 6.45) is 1.43. The van der Waals surface area contributed by atoms with Crippen LogP contribution in [-0.2, 0) is 4.74 Å². The maximum Gasteiger partial charge on any atom is 0.110 e. The van der Waals surface area contributed by atoms with Gasteiger partial charge >= 0.3 is 0 Å². The van der Waals surface area contributed by atoms with Gasteiger partial charge in [-0.3, -0.25) is 4.90 Å². The lowest BCUT2D eigenvalue weighted by molar-refractivity contribution is -0.0662. The average Bonchev–Trinajstić information content (AvgIpc) is 2.01. The van der Waals surface area contributed by atoms with Crippen molar-refractivity contribution in [2.45, 2.75) is 52.3 Å². The van der Waals surface area contributed by atoms with Gasteiger partial charge in [0.2, 0.25) is 0 Å². The number of morpholine rings is 1. The molecule has 0 aromatic carbocycles. The van der Waals surface area contributed by atoms with Gasteiger partial charge in [-0.15, -0.1) is 0 Å².